The Kier molecular flexibility index (Phi) is 3.45. The molecular formula is C11H13N2O5P. The van der Waals surface area contributed by atoms with Crippen LogP contribution >= 0.6 is 7.60 Å². The zero-order chi connectivity index (χ0) is 14.2. The number of pyridine rings is 1. The molecule has 0 fully saturated rings. The summed E-state index contributed by atoms with van der Waals surface area (Å²) in [6, 6.07) is 5.26. The molecule has 0 aliphatic rings. The molecule has 7 nitrogen and oxygen atoms in total. The minimum Gasteiger partial charge on any atom is -0.481 e. The Labute approximate surface area is 108 Å². The van der Waals surface area contributed by atoms with Gasteiger partial charge in [0.15, 0.2) is 5.66 Å². The van der Waals surface area contributed by atoms with Crippen LogP contribution < -0.4 is 0 Å². The third kappa shape index (κ3) is 2.68. The predicted molar refractivity (Wildman–Crippen MR) is 67.1 cm³/mol. The fourth-order valence-electron chi connectivity index (χ4n) is 1.94. The molecule has 2 rings (SSSR count). The van der Waals surface area contributed by atoms with Gasteiger partial charge in [-0.1, -0.05) is 6.07 Å². The average molecular weight is 284 g/mol. The van der Waals surface area contributed by atoms with E-state index in [4.69, 9.17) is 14.9 Å². The zero-order valence-electron chi connectivity index (χ0n) is 10.1. The van der Waals surface area contributed by atoms with Crippen LogP contribution in [0.1, 0.15) is 11.4 Å². The number of aromatic nitrogens is 2. The van der Waals surface area contributed by atoms with Crippen LogP contribution in [0, 0.1) is 6.92 Å². The highest BCUT2D eigenvalue weighted by atomic mass is 31.2. The van der Waals surface area contributed by atoms with E-state index in [1.54, 1.807) is 35.7 Å². The second kappa shape index (κ2) is 4.77. The Hall–Kier alpha value is -1.69. The molecule has 0 saturated carbocycles. The lowest BCUT2D eigenvalue weighted by Crippen LogP contribution is -2.24. The molecule has 0 aliphatic heterocycles. The number of hydrogen-bond acceptors (Lipinski definition) is 3. The zero-order valence-corrected chi connectivity index (χ0v) is 11.0. The lowest BCUT2D eigenvalue weighted by molar-refractivity contribution is -0.136. The van der Waals surface area contributed by atoms with Crippen molar-refractivity contribution in [3.05, 3.63) is 35.8 Å². The molecule has 0 radical (unpaired) electrons. The monoisotopic (exact) mass is 284 g/mol. The summed E-state index contributed by atoms with van der Waals surface area (Å²) in [5.41, 5.74) is -0.0895. The number of imidazole rings is 1. The number of carbonyl (C=O) groups is 1. The van der Waals surface area contributed by atoms with Gasteiger partial charge < -0.3 is 19.3 Å². The van der Waals surface area contributed by atoms with Crippen LogP contribution in [0.15, 0.2) is 24.4 Å². The summed E-state index contributed by atoms with van der Waals surface area (Å²) in [6.45, 7) is 1.68. The molecule has 0 aromatic carbocycles. The van der Waals surface area contributed by atoms with Gasteiger partial charge in [-0.25, -0.2) is 4.98 Å². The second-order valence-electron chi connectivity index (χ2n) is 4.22. The van der Waals surface area contributed by atoms with Crippen molar-refractivity contribution >= 4 is 19.2 Å². The van der Waals surface area contributed by atoms with Gasteiger partial charge in [-0.05, 0) is 19.1 Å². The quantitative estimate of drug-likeness (QED) is 0.716. The molecule has 2 aromatic heterocycles. The molecule has 102 valence electrons. The number of fused-ring (bicyclic) bond motifs is 1. The Morgan fingerprint density at radius 1 is 1.47 bits per heavy atom. The first-order valence-corrected chi connectivity index (χ1v) is 7.19. The maximum absolute atomic E-state index is 11.2. The predicted octanol–water partition coefficient (Wildman–Crippen LogP) is 0.816. The van der Waals surface area contributed by atoms with E-state index in [1.165, 1.54) is 0 Å². The van der Waals surface area contributed by atoms with E-state index in [1.807, 2.05) is 0 Å². The lowest BCUT2D eigenvalue weighted by Gasteiger charge is -2.14. The molecule has 0 amide bonds. The van der Waals surface area contributed by atoms with E-state index in [2.05, 4.69) is 4.98 Å². The van der Waals surface area contributed by atoms with Gasteiger partial charge in [-0.3, -0.25) is 9.36 Å². The van der Waals surface area contributed by atoms with Gasteiger partial charge in [-0.15, -0.1) is 0 Å². The van der Waals surface area contributed by atoms with Gasteiger partial charge in [0.25, 0.3) is 0 Å². The average Bonchev–Trinajstić information content (AvgIpc) is 2.59. The van der Waals surface area contributed by atoms with Crippen molar-refractivity contribution in [3.8, 4) is 0 Å². The molecule has 1 atom stereocenters. The van der Waals surface area contributed by atoms with E-state index in [0.717, 1.165) is 0 Å². The van der Waals surface area contributed by atoms with E-state index in [0.29, 0.717) is 17.0 Å². The highest BCUT2D eigenvalue weighted by Crippen LogP contribution is 2.43. The SMILES string of the molecule is Cc1nc2ccccn2c1CC(C(=O)O)P(=O)(O)O. The smallest absolute Gasteiger partial charge is 0.340 e. The molecule has 8 heteroatoms. The van der Waals surface area contributed by atoms with Crippen molar-refractivity contribution in [2.75, 3.05) is 0 Å². The first-order chi connectivity index (χ1) is 8.80. The van der Waals surface area contributed by atoms with Crippen molar-refractivity contribution in [1.82, 2.24) is 9.38 Å². The normalized spacial score (nSPS) is 13.6. The van der Waals surface area contributed by atoms with Crippen molar-refractivity contribution in [1.29, 1.82) is 0 Å². The number of rotatable bonds is 4. The summed E-state index contributed by atoms with van der Waals surface area (Å²) < 4.78 is 12.9. The van der Waals surface area contributed by atoms with Crippen molar-refractivity contribution in [3.63, 3.8) is 0 Å². The second-order valence-corrected chi connectivity index (χ2v) is 6.02. The highest BCUT2D eigenvalue weighted by molar-refractivity contribution is 7.53. The number of aliphatic carboxylic acids is 1. The van der Waals surface area contributed by atoms with Gasteiger partial charge in [0, 0.05) is 18.3 Å². The van der Waals surface area contributed by atoms with Crippen molar-refractivity contribution in [2.45, 2.75) is 19.0 Å². The van der Waals surface area contributed by atoms with Gasteiger partial charge in [0.05, 0.1) is 5.69 Å². The molecule has 0 saturated heterocycles. The first kappa shape index (κ1) is 13.7. The molecule has 0 spiro atoms. The highest BCUT2D eigenvalue weighted by Gasteiger charge is 2.36. The van der Waals surface area contributed by atoms with Crippen LogP contribution in [0.4, 0.5) is 0 Å². The Balaban J connectivity index is 2.48. The third-order valence-electron chi connectivity index (χ3n) is 2.91. The van der Waals surface area contributed by atoms with Gasteiger partial charge in [0.1, 0.15) is 5.65 Å². The van der Waals surface area contributed by atoms with Crippen LogP contribution in [0.3, 0.4) is 0 Å². The fraction of sp³-hybridized carbons (Fsp3) is 0.273. The number of carboxylic acids is 1. The summed E-state index contributed by atoms with van der Waals surface area (Å²) in [7, 11) is -4.71. The molecular weight excluding hydrogens is 271 g/mol. The van der Waals surface area contributed by atoms with E-state index in [-0.39, 0.29) is 6.42 Å². The van der Waals surface area contributed by atoms with Crippen LogP contribution in [0.25, 0.3) is 5.65 Å². The van der Waals surface area contributed by atoms with Crippen molar-refractivity contribution in [2.24, 2.45) is 0 Å². The molecule has 0 bridgehead atoms. The minimum absolute atomic E-state index is 0.267. The molecule has 2 aromatic rings. The largest absolute Gasteiger partial charge is 0.481 e. The fourth-order valence-corrected chi connectivity index (χ4v) is 2.64. The summed E-state index contributed by atoms with van der Waals surface area (Å²) in [6.07, 6.45) is 1.42. The summed E-state index contributed by atoms with van der Waals surface area (Å²) >= 11 is 0. The molecule has 2 heterocycles. The topological polar surface area (TPSA) is 112 Å². The molecule has 3 N–H and O–H groups in total. The van der Waals surface area contributed by atoms with Crippen LogP contribution in [0.2, 0.25) is 0 Å². The Bertz CT molecular complexity index is 675. The standard InChI is InChI=1S/C11H13N2O5P/c1-7-8(6-9(11(14)15)19(16,17)18)13-5-3-2-4-10(13)12-7/h2-5,9H,6H2,1H3,(H,14,15)(H2,16,17,18). The Morgan fingerprint density at radius 2 is 2.16 bits per heavy atom. The van der Waals surface area contributed by atoms with Gasteiger partial charge >= 0.3 is 13.6 Å². The molecule has 1 unspecified atom stereocenters. The maximum Gasteiger partial charge on any atom is 0.340 e. The van der Waals surface area contributed by atoms with Crippen LogP contribution in [0.5, 0.6) is 0 Å². The molecule has 19 heavy (non-hydrogen) atoms. The van der Waals surface area contributed by atoms with E-state index in [9.17, 15) is 9.36 Å². The van der Waals surface area contributed by atoms with E-state index >= 15 is 0 Å². The first-order valence-electron chi connectivity index (χ1n) is 5.51. The number of carboxylic acid groups (broad SMARTS) is 1. The van der Waals surface area contributed by atoms with Gasteiger partial charge in [0.2, 0.25) is 0 Å². The van der Waals surface area contributed by atoms with Gasteiger partial charge in [-0.2, -0.15) is 0 Å². The minimum atomic E-state index is -4.71. The summed E-state index contributed by atoms with van der Waals surface area (Å²) in [5, 5.41) is 8.95. The number of aryl methyl sites for hydroxylation is 1. The third-order valence-corrected chi connectivity index (χ3v) is 4.12. The summed E-state index contributed by atoms with van der Waals surface area (Å²) in [4.78, 5) is 33.4. The number of nitrogens with zero attached hydrogens (tertiary/aromatic N) is 2. The van der Waals surface area contributed by atoms with Crippen LogP contribution in [-0.4, -0.2) is 35.9 Å². The van der Waals surface area contributed by atoms with E-state index < -0.39 is 19.2 Å². The van der Waals surface area contributed by atoms with Crippen molar-refractivity contribution < 1.29 is 24.3 Å². The number of hydrogen-bond donors (Lipinski definition) is 3. The maximum atomic E-state index is 11.2. The summed E-state index contributed by atoms with van der Waals surface area (Å²) in [5.74, 6) is -1.52. The lowest BCUT2D eigenvalue weighted by atomic mass is 10.2. The van der Waals surface area contributed by atoms with Crippen LogP contribution in [-0.2, 0) is 15.8 Å². The Morgan fingerprint density at radius 3 is 2.74 bits per heavy atom. The molecule has 0 aliphatic carbocycles.